The van der Waals surface area contributed by atoms with Crippen molar-refractivity contribution in [3.8, 4) is 23.1 Å². The number of nitriles is 1. The van der Waals surface area contributed by atoms with Gasteiger partial charge in [-0.2, -0.15) is 10.4 Å². The lowest BCUT2D eigenvalue weighted by atomic mass is 10.1. The molecule has 4 aromatic rings. The molecule has 9 heteroatoms. The predicted molar refractivity (Wildman–Crippen MR) is 133 cm³/mol. The van der Waals surface area contributed by atoms with Gasteiger partial charge in [0.15, 0.2) is 5.69 Å². The highest BCUT2D eigenvalue weighted by Gasteiger charge is 2.37. The highest BCUT2D eigenvalue weighted by Crippen LogP contribution is 2.45. The molecule has 2 aromatic heterocycles. The van der Waals surface area contributed by atoms with Crippen molar-refractivity contribution < 1.29 is 9.18 Å². The van der Waals surface area contributed by atoms with Gasteiger partial charge in [0.2, 0.25) is 0 Å². The number of benzene rings is 2. The fourth-order valence-electron chi connectivity index (χ4n) is 5.13. The van der Waals surface area contributed by atoms with Gasteiger partial charge in [-0.1, -0.05) is 0 Å². The molecule has 1 saturated heterocycles. The second kappa shape index (κ2) is 8.57. The molecule has 0 radical (unpaired) electrons. The summed E-state index contributed by atoms with van der Waals surface area (Å²) in [6.07, 6.45) is 5.61. The lowest BCUT2D eigenvalue weighted by Crippen LogP contribution is -2.46. The third kappa shape index (κ3) is 3.84. The molecule has 36 heavy (non-hydrogen) atoms. The number of carbonyl (C=O) groups excluding carboxylic acids is 1. The molecule has 1 atom stereocenters. The van der Waals surface area contributed by atoms with Crippen LogP contribution in [0.5, 0.6) is 0 Å². The number of likely N-dealkylation sites (tertiary alicyclic amines) is 1. The van der Waals surface area contributed by atoms with Crippen molar-refractivity contribution in [1.82, 2.24) is 24.2 Å². The van der Waals surface area contributed by atoms with E-state index in [-0.39, 0.29) is 23.4 Å². The molecule has 0 spiro atoms. The van der Waals surface area contributed by atoms with Crippen LogP contribution in [-0.4, -0.2) is 49.3 Å². The minimum atomic E-state index is -0.618. The van der Waals surface area contributed by atoms with Gasteiger partial charge in [0, 0.05) is 54.9 Å². The van der Waals surface area contributed by atoms with E-state index in [1.807, 2.05) is 42.1 Å². The van der Waals surface area contributed by atoms with Gasteiger partial charge in [0.05, 0.1) is 16.8 Å². The Kier molecular flexibility index (Phi) is 5.34. The molecule has 8 nitrogen and oxygen atoms in total. The number of aryl methyl sites for hydroxylation is 1. The Hall–Kier alpha value is -4.03. The zero-order chi connectivity index (χ0) is 25.0. The number of amides is 1. The summed E-state index contributed by atoms with van der Waals surface area (Å²) in [6, 6.07) is 12.2. The summed E-state index contributed by atoms with van der Waals surface area (Å²) in [5.74, 6) is -0.0980. The molecule has 3 heterocycles. The third-order valence-electron chi connectivity index (χ3n) is 7.04. The number of imidazole rings is 1. The first-order valence-corrected chi connectivity index (χ1v) is 12.2. The Balaban J connectivity index is 1.57. The van der Waals surface area contributed by atoms with Gasteiger partial charge in [-0.15, -0.1) is 0 Å². The van der Waals surface area contributed by atoms with Gasteiger partial charge >= 0.3 is 0 Å². The number of aromatic nitrogens is 4. The van der Waals surface area contributed by atoms with E-state index < -0.39 is 5.82 Å². The monoisotopic (exact) mass is 483 g/mol. The van der Waals surface area contributed by atoms with Crippen LogP contribution in [0, 0.1) is 17.1 Å². The normalized spacial score (nSPS) is 17.9. The van der Waals surface area contributed by atoms with Crippen molar-refractivity contribution in [2.24, 2.45) is 12.8 Å². The largest absolute Gasteiger partial charge is 0.336 e. The first kappa shape index (κ1) is 22.4. The summed E-state index contributed by atoms with van der Waals surface area (Å²) in [5.41, 5.74) is 9.50. The molecule has 0 bridgehead atoms. The van der Waals surface area contributed by atoms with Crippen molar-refractivity contribution in [2.45, 2.75) is 37.6 Å². The fraction of sp³-hybridized carbons (Fsp3) is 0.333. The van der Waals surface area contributed by atoms with Gasteiger partial charge in [-0.05, 0) is 62.1 Å². The molecule has 1 amide bonds. The molecule has 2 fully saturated rings. The topological polar surface area (TPSA) is 106 Å². The second-order valence-electron chi connectivity index (χ2n) is 9.78. The van der Waals surface area contributed by atoms with E-state index in [4.69, 9.17) is 10.7 Å². The third-order valence-corrected chi connectivity index (χ3v) is 7.04. The van der Waals surface area contributed by atoms with Crippen molar-refractivity contribution in [3.05, 3.63) is 65.4 Å². The maximum atomic E-state index is 14.7. The van der Waals surface area contributed by atoms with E-state index in [9.17, 15) is 14.4 Å². The van der Waals surface area contributed by atoms with Gasteiger partial charge in [-0.3, -0.25) is 14.0 Å². The minimum absolute atomic E-state index is 0.0345. The molecule has 1 aliphatic carbocycles. The number of carbonyl (C=O) groups is 1. The van der Waals surface area contributed by atoms with Crippen molar-refractivity contribution in [1.29, 1.82) is 5.26 Å². The van der Waals surface area contributed by atoms with E-state index in [0.29, 0.717) is 30.2 Å². The molecule has 1 aliphatic heterocycles. The second-order valence-corrected chi connectivity index (χ2v) is 9.78. The van der Waals surface area contributed by atoms with E-state index in [2.05, 4.69) is 5.10 Å². The zero-order valence-corrected chi connectivity index (χ0v) is 20.0. The maximum Gasteiger partial charge on any atom is 0.274 e. The van der Waals surface area contributed by atoms with Gasteiger partial charge < -0.3 is 10.6 Å². The molecule has 2 N–H and O–H groups in total. The Morgan fingerprint density at radius 3 is 2.75 bits per heavy atom. The van der Waals surface area contributed by atoms with Crippen LogP contribution in [0.2, 0.25) is 0 Å². The number of fused-ring (bicyclic) bond motifs is 1. The average Bonchev–Trinajstić information content (AvgIpc) is 3.52. The SMILES string of the molecule is Cn1cc2ccc(-n3c(-c4ccc(C#N)c(F)c4)nc(C(=O)N4CCC[C@@H](N)C4)c3C3CC3)cc2n1. The van der Waals surface area contributed by atoms with Crippen molar-refractivity contribution >= 4 is 16.8 Å². The van der Waals surface area contributed by atoms with Crippen LogP contribution in [-0.2, 0) is 7.05 Å². The molecule has 2 aliphatic rings. The van der Waals surface area contributed by atoms with Crippen LogP contribution in [0.3, 0.4) is 0 Å². The van der Waals surface area contributed by atoms with Crippen LogP contribution in [0.25, 0.3) is 28.0 Å². The summed E-state index contributed by atoms with van der Waals surface area (Å²) in [6.45, 7) is 1.14. The van der Waals surface area contributed by atoms with E-state index in [1.165, 1.54) is 12.1 Å². The lowest BCUT2D eigenvalue weighted by molar-refractivity contribution is 0.0702. The Labute approximate surface area is 207 Å². The number of hydrogen-bond donors (Lipinski definition) is 1. The fourth-order valence-corrected chi connectivity index (χ4v) is 5.13. The zero-order valence-electron chi connectivity index (χ0n) is 20.0. The quantitative estimate of drug-likeness (QED) is 0.474. The van der Waals surface area contributed by atoms with Crippen LogP contribution < -0.4 is 5.73 Å². The standard InChI is InChI=1S/C27H26FN7O/c1-33-14-19-8-9-21(12-23(19)32-33)35-25(16-4-5-16)24(27(36)34-10-2-3-20(30)15-34)31-26(35)17-6-7-18(13-29)22(28)11-17/h6-9,11-12,14,16,20H,2-5,10,15,30H2,1H3/t20-/m1/s1. The van der Waals surface area contributed by atoms with Crippen LogP contribution in [0.15, 0.2) is 42.6 Å². The summed E-state index contributed by atoms with van der Waals surface area (Å²) < 4.78 is 18.4. The molecule has 0 unspecified atom stereocenters. The molecule has 6 rings (SSSR count). The Morgan fingerprint density at radius 1 is 1.19 bits per heavy atom. The average molecular weight is 484 g/mol. The highest BCUT2D eigenvalue weighted by molar-refractivity contribution is 5.95. The first-order chi connectivity index (χ1) is 17.4. The number of nitrogens with two attached hydrogens (primary N) is 1. The lowest BCUT2D eigenvalue weighted by Gasteiger charge is -2.30. The van der Waals surface area contributed by atoms with Gasteiger partial charge in [0.1, 0.15) is 17.7 Å². The number of nitrogens with zero attached hydrogens (tertiary/aromatic N) is 6. The first-order valence-electron chi connectivity index (χ1n) is 12.2. The van der Waals surface area contributed by atoms with Crippen LogP contribution in [0.4, 0.5) is 4.39 Å². The molecular weight excluding hydrogens is 457 g/mol. The van der Waals surface area contributed by atoms with Crippen molar-refractivity contribution in [2.75, 3.05) is 13.1 Å². The predicted octanol–water partition coefficient (Wildman–Crippen LogP) is 3.88. The Bertz CT molecular complexity index is 1540. The molecule has 1 saturated carbocycles. The maximum absolute atomic E-state index is 14.7. The van der Waals surface area contributed by atoms with E-state index in [0.717, 1.165) is 48.0 Å². The number of hydrogen-bond acceptors (Lipinski definition) is 5. The highest BCUT2D eigenvalue weighted by atomic mass is 19.1. The molecular formula is C27H26FN7O. The smallest absolute Gasteiger partial charge is 0.274 e. The van der Waals surface area contributed by atoms with Crippen molar-refractivity contribution in [3.63, 3.8) is 0 Å². The summed E-state index contributed by atoms with van der Waals surface area (Å²) >= 11 is 0. The number of rotatable bonds is 4. The summed E-state index contributed by atoms with van der Waals surface area (Å²) in [5, 5.41) is 14.8. The van der Waals surface area contributed by atoms with Gasteiger partial charge in [-0.25, -0.2) is 9.37 Å². The van der Waals surface area contributed by atoms with Gasteiger partial charge in [0.25, 0.3) is 5.91 Å². The number of piperidine rings is 1. The summed E-state index contributed by atoms with van der Waals surface area (Å²) in [7, 11) is 1.87. The van der Waals surface area contributed by atoms with E-state index in [1.54, 1.807) is 15.6 Å². The molecule has 2 aromatic carbocycles. The van der Waals surface area contributed by atoms with E-state index >= 15 is 0 Å². The minimum Gasteiger partial charge on any atom is -0.336 e. The van der Waals surface area contributed by atoms with Crippen LogP contribution in [0.1, 0.15) is 53.3 Å². The molecule has 182 valence electrons. The number of halogens is 1. The summed E-state index contributed by atoms with van der Waals surface area (Å²) in [4.78, 5) is 20.4. The van der Waals surface area contributed by atoms with Crippen LogP contribution >= 0.6 is 0 Å². The Morgan fingerprint density at radius 2 is 2.03 bits per heavy atom.